The summed E-state index contributed by atoms with van der Waals surface area (Å²) in [4.78, 5) is 4.88. The van der Waals surface area contributed by atoms with Gasteiger partial charge in [-0.05, 0) is 46.9 Å². The van der Waals surface area contributed by atoms with Crippen LogP contribution in [0.1, 0.15) is 33.3 Å². The van der Waals surface area contributed by atoms with Crippen LogP contribution in [-0.2, 0) is 6.54 Å². The van der Waals surface area contributed by atoms with E-state index >= 15 is 0 Å². The van der Waals surface area contributed by atoms with Gasteiger partial charge in [-0.2, -0.15) is 0 Å². The molecule has 1 atom stereocenters. The molecule has 1 aromatic carbocycles. The monoisotopic (exact) mass is 309 g/mol. The van der Waals surface area contributed by atoms with E-state index in [4.69, 9.17) is 11.6 Å². The zero-order valence-electron chi connectivity index (χ0n) is 13.9. The molecular weight excluding hydrogens is 282 g/mol. The molecule has 1 N–H and O–H groups in total. The smallest absolute Gasteiger partial charge is 0.0471 e. The third kappa shape index (κ3) is 4.35. The van der Waals surface area contributed by atoms with Crippen molar-refractivity contribution in [3.05, 3.63) is 28.8 Å². The van der Waals surface area contributed by atoms with E-state index in [1.807, 2.05) is 6.07 Å². The van der Waals surface area contributed by atoms with E-state index in [-0.39, 0.29) is 5.54 Å². The molecule has 1 aromatic rings. The van der Waals surface area contributed by atoms with E-state index < -0.39 is 0 Å². The Morgan fingerprint density at radius 1 is 1.29 bits per heavy atom. The zero-order chi connectivity index (χ0) is 15.6. The molecule has 21 heavy (non-hydrogen) atoms. The maximum absolute atomic E-state index is 6.47. The highest BCUT2D eigenvalue weighted by atomic mass is 35.5. The van der Waals surface area contributed by atoms with Crippen LogP contribution in [0.5, 0.6) is 0 Å². The predicted octanol–water partition coefficient (Wildman–Crippen LogP) is 3.37. The number of nitrogens with one attached hydrogen (secondary N) is 1. The number of benzene rings is 1. The molecule has 2 rings (SSSR count). The van der Waals surface area contributed by atoms with E-state index in [1.165, 1.54) is 11.3 Å². The molecule has 1 aliphatic heterocycles. The van der Waals surface area contributed by atoms with Crippen LogP contribution in [0, 0.1) is 0 Å². The third-order valence-corrected chi connectivity index (χ3v) is 4.54. The van der Waals surface area contributed by atoms with E-state index in [9.17, 15) is 0 Å². The van der Waals surface area contributed by atoms with Crippen molar-refractivity contribution in [1.29, 1.82) is 0 Å². The Labute approximate surface area is 134 Å². The molecule has 0 aliphatic carbocycles. The summed E-state index contributed by atoms with van der Waals surface area (Å²) in [6, 6.07) is 6.82. The summed E-state index contributed by atoms with van der Waals surface area (Å²) >= 11 is 6.47. The van der Waals surface area contributed by atoms with Gasteiger partial charge < -0.3 is 15.1 Å². The van der Waals surface area contributed by atoms with Gasteiger partial charge in [0, 0.05) is 54.0 Å². The summed E-state index contributed by atoms with van der Waals surface area (Å²) < 4.78 is 0. The minimum absolute atomic E-state index is 0.0891. The normalized spacial score (nSPS) is 20.9. The molecule has 0 radical (unpaired) electrons. The maximum atomic E-state index is 6.47. The Bertz CT molecular complexity index is 481. The lowest BCUT2D eigenvalue weighted by Crippen LogP contribution is -2.50. The first kappa shape index (κ1) is 16.6. The fourth-order valence-corrected chi connectivity index (χ4v) is 2.88. The average Bonchev–Trinajstić information content (AvgIpc) is 2.39. The minimum Gasteiger partial charge on any atom is -0.368 e. The van der Waals surface area contributed by atoms with E-state index in [0.717, 1.165) is 31.2 Å². The van der Waals surface area contributed by atoms with Crippen LogP contribution < -0.4 is 10.2 Å². The van der Waals surface area contributed by atoms with Crippen molar-refractivity contribution in [2.45, 2.75) is 45.8 Å². The van der Waals surface area contributed by atoms with Gasteiger partial charge in [-0.3, -0.25) is 0 Å². The summed E-state index contributed by atoms with van der Waals surface area (Å²) in [7, 11) is 2.20. The fourth-order valence-electron chi connectivity index (χ4n) is 2.64. The second kappa shape index (κ2) is 6.55. The number of hydrogen-bond acceptors (Lipinski definition) is 3. The summed E-state index contributed by atoms with van der Waals surface area (Å²) in [5.74, 6) is 0. The minimum atomic E-state index is 0.0891. The number of piperazine rings is 1. The number of halogens is 1. The van der Waals surface area contributed by atoms with Gasteiger partial charge in [-0.1, -0.05) is 17.7 Å². The van der Waals surface area contributed by atoms with Crippen molar-refractivity contribution in [2.75, 3.05) is 31.6 Å². The highest BCUT2D eigenvalue weighted by molar-refractivity contribution is 6.31. The van der Waals surface area contributed by atoms with Gasteiger partial charge >= 0.3 is 0 Å². The number of hydrogen-bond donors (Lipinski definition) is 1. The van der Waals surface area contributed by atoms with Gasteiger partial charge in [0.2, 0.25) is 0 Å². The molecule has 1 saturated heterocycles. The Morgan fingerprint density at radius 2 is 2.00 bits per heavy atom. The summed E-state index contributed by atoms with van der Waals surface area (Å²) in [5.41, 5.74) is 2.58. The number of nitrogens with zero attached hydrogens (tertiary/aromatic N) is 2. The first-order chi connectivity index (χ1) is 9.78. The molecule has 118 valence electrons. The van der Waals surface area contributed by atoms with Crippen molar-refractivity contribution in [3.8, 4) is 0 Å². The number of anilines is 1. The Hall–Kier alpha value is -0.770. The second-order valence-corrected chi connectivity index (χ2v) is 7.52. The molecule has 3 nitrogen and oxygen atoms in total. The predicted molar refractivity (Wildman–Crippen MR) is 92.3 cm³/mol. The van der Waals surface area contributed by atoms with E-state index in [1.54, 1.807) is 0 Å². The SMILES string of the molecule is CC1CN(c2cccc(Cl)c2CNC(C)(C)C)CCN1C. The topological polar surface area (TPSA) is 18.5 Å². The van der Waals surface area contributed by atoms with Crippen LogP contribution >= 0.6 is 11.6 Å². The number of rotatable bonds is 3. The van der Waals surface area contributed by atoms with Crippen LogP contribution in [0.3, 0.4) is 0 Å². The second-order valence-electron chi connectivity index (χ2n) is 7.12. The van der Waals surface area contributed by atoms with Gasteiger partial charge in [-0.15, -0.1) is 0 Å². The van der Waals surface area contributed by atoms with Crippen molar-refractivity contribution < 1.29 is 0 Å². The molecule has 1 fully saturated rings. The van der Waals surface area contributed by atoms with Gasteiger partial charge in [0.15, 0.2) is 0 Å². The molecule has 1 aliphatic rings. The van der Waals surface area contributed by atoms with Crippen LogP contribution in [0.15, 0.2) is 18.2 Å². The molecule has 1 unspecified atom stereocenters. The van der Waals surface area contributed by atoms with Crippen molar-refractivity contribution >= 4 is 17.3 Å². The lowest BCUT2D eigenvalue weighted by molar-refractivity contribution is 0.234. The molecular formula is C17H28ClN3. The summed E-state index contributed by atoms with van der Waals surface area (Å²) in [5, 5.41) is 4.41. The van der Waals surface area contributed by atoms with Crippen LogP contribution in [-0.4, -0.2) is 43.2 Å². The van der Waals surface area contributed by atoms with Crippen molar-refractivity contribution in [3.63, 3.8) is 0 Å². The van der Waals surface area contributed by atoms with Crippen molar-refractivity contribution in [2.24, 2.45) is 0 Å². The summed E-state index contributed by atoms with van der Waals surface area (Å²) in [6.07, 6.45) is 0. The van der Waals surface area contributed by atoms with Gasteiger partial charge in [0.25, 0.3) is 0 Å². The van der Waals surface area contributed by atoms with Crippen LogP contribution in [0.4, 0.5) is 5.69 Å². The van der Waals surface area contributed by atoms with Crippen LogP contribution in [0.2, 0.25) is 5.02 Å². The molecule has 0 spiro atoms. The molecule has 1 heterocycles. The first-order valence-electron chi connectivity index (χ1n) is 7.75. The number of likely N-dealkylation sites (N-methyl/N-ethyl adjacent to an activating group) is 1. The largest absolute Gasteiger partial charge is 0.368 e. The average molecular weight is 310 g/mol. The maximum Gasteiger partial charge on any atom is 0.0471 e. The van der Waals surface area contributed by atoms with Gasteiger partial charge in [0.05, 0.1) is 0 Å². The lowest BCUT2D eigenvalue weighted by Gasteiger charge is -2.40. The molecule has 0 aromatic heterocycles. The van der Waals surface area contributed by atoms with E-state index in [0.29, 0.717) is 6.04 Å². The molecule has 4 heteroatoms. The highest BCUT2D eigenvalue weighted by Crippen LogP contribution is 2.29. The fraction of sp³-hybridized carbons (Fsp3) is 0.647. The van der Waals surface area contributed by atoms with Gasteiger partial charge in [-0.25, -0.2) is 0 Å². The highest BCUT2D eigenvalue weighted by Gasteiger charge is 2.23. The summed E-state index contributed by atoms with van der Waals surface area (Å²) in [6.45, 7) is 12.8. The lowest BCUT2D eigenvalue weighted by atomic mass is 10.1. The quantitative estimate of drug-likeness (QED) is 0.923. The molecule has 0 saturated carbocycles. The Kier molecular flexibility index (Phi) is 5.18. The third-order valence-electron chi connectivity index (χ3n) is 4.19. The molecule has 0 bridgehead atoms. The zero-order valence-corrected chi connectivity index (χ0v) is 14.7. The Balaban J connectivity index is 2.21. The molecule has 0 amide bonds. The first-order valence-corrected chi connectivity index (χ1v) is 8.13. The van der Waals surface area contributed by atoms with Gasteiger partial charge in [0.1, 0.15) is 0 Å². The van der Waals surface area contributed by atoms with Crippen molar-refractivity contribution in [1.82, 2.24) is 10.2 Å². The van der Waals surface area contributed by atoms with Crippen LogP contribution in [0.25, 0.3) is 0 Å². The standard InChI is InChI=1S/C17H28ClN3/c1-13-12-21(10-9-20(13)5)16-8-6-7-15(18)14(16)11-19-17(2,3)4/h6-8,13,19H,9-12H2,1-5H3. The van der Waals surface area contributed by atoms with E-state index in [2.05, 4.69) is 62.0 Å². The Morgan fingerprint density at radius 3 is 2.62 bits per heavy atom.